The topological polar surface area (TPSA) is 188 Å². The van der Waals surface area contributed by atoms with Gasteiger partial charge in [-0.2, -0.15) is 0 Å². The van der Waals surface area contributed by atoms with E-state index in [9.17, 15) is 28.4 Å². The van der Waals surface area contributed by atoms with Crippen LogP contribution in [-0.2, 0) is 19.1 Å². The van der Waals surface area contributed by atoms with E-state index in [1.807, 2.05) is 14.0 Å². The Labute approximate surface area is 300 Å². The number of nitrogens with zero attached hydrogens (tertiary/aromatic N) is 4. The molecule has 3 aliphatic rings. The number of rotatable bonds is 15. The maximum absolute atomic E-state index is 15.9. The molecule has 2 aliphatic carbocycles. The average molecular weight is 731 g/mol. The van der Waals surface area contributed by atoms with Gasteiger partial charge in [0.05, 0.1) is 12.3 Å². The third kappa shape index (κ3) is 9.21. The number of alkyl carbamates (subject to hydrolysis) is 1. The molecule has 1 aliphatic heterocycles. The van der Waals surface area contributed by atoms with Gasteiger partial charge in [-0.1, -0.05) is 18.1 Å². The number of ether oxygens (including phenoxy) is 1. The number of piperazine rings is 1. The Kier molecular flexibility index (Phi) is 12.4. The van der Waals surface area contributed by atoms with Crippen molar-refractivity contribution in [3.63, 3.8) is 0 Å². The van der Waals surface area contributed by atoms with E-state index in [1.54, 1.807) is 25.7 Å². The van der Waals surface area contributed by atoms with Gasteiger partial charge in [-0.3, -0.25) is 19.2 Å². The predicted molar refractivity (Wildman–Crippen MR) is 183 cm³/mol. The lowest BCUT2D eigenvalue weighted by Crippen LogP contribution is -2.60. The monoisotopic (exact) mass is 730 g/mol. The summed E-state index contributed by atoms with van der Waals surface area (Å²) in [4.78, 5) is 69.8. The molecule has 5 atom stereocenters. The Morgan fingerprint density at radius 3 is 2.25 bits per heavy atom. The largest absolute Gasteiger partial charge is 0.450 e. The van der Waals surface area contributed by atoms with E-state index in [4.69, 9.17) is 4.74 Å². The summed E-state index contributed by atoms with van der Waals surface area (Å²) in [7, 11) is 1.94. The Balaban J connectivity index is 1.36. The molecular formula is C35H48F2N8O7. The minimum Gasteiger partial charge on any atom is -0.450 e. The third-order valence-electron chi connectivity index (χ3n) is 10.3. The van der Waals surface area contributed by atoms with Crippen LogP contribution in [0.3, 0.4) is 0 Å². The van der Waals surface area contributed by atoms with Crippen molar-refractivity contribution in [1.29, 1.82) is 0 Å². The highest BCUT2D eigenvalue weighted by Crippen LogP contribution is 2.51. The summed E-state index contributed by atoms with van der Waals surface area (Å²) in [6.45, 7) is 6.78. The maximum Gasteiger partial charge on any atom is 0.407 e. The summed E-state index contributed by atoms with van der Waals surface area (Å²) in [5, 5.41) is 17.5. The van der Waals surface area contributed by atoms with Gasteiger partial charge in [0, 0.05) is 31.6 Å². The van der Waals surface area contributed by atoms with E-state index in [0.29, 0.717) is 25.2 Å². The first-order chi connectivity index (χ1) is 24.8. The van der Waals surface area contributed by atoms with Crippen molar-refractivity contribution in [1.82, 2.24) is 36.1 Å². The molecule has 1 saturated heterocycles. The van der Waals surface area contributed by atoms with E-state index in [-0.39, 0.29) is 47.5 Å². The molecule has 15 nitrogen and oxygen atoms in total. The lowest BCUT2D eigenvalue weighted by atomic mass is 9.88. The number of aromatic nitrogens is 2. The van der Waals surface area contributed by atoms with E-state index in [1.165, 1.54) is 18.2 Å². The van der Waals surface area contributed by atoms with Crippen LogP contribution in [0.1, 0.15) is 74.1 Å². The standard InChI is InChI=1S/C35H48F2N8O7/c1-6-51-35(50)39-26(16-36)31(46)40-28(34(49)45-14-13-44(5)18(2)17-45)19(3)23-11-12-25(24(37)15-23)38-33(48)30(27(21-7-8-21)22-9-10-22)41-32(47)29-20(4)42-52-43-29/h11-12,15,18-19,21-22,26-28,30H,6-10,13-14,16-17H2,1-5H3,(H,38,48)(H,39,50)(H,40,46)(H,41,47)/t18-,19+,26+,28-,30+/m1/s1. The maximum atomic E-state index is 15.9. The molecular weight excluding hydrogens is 682 g/mol. The number of carbonyl (C=O) groups is 5. The van der Waals surface area contributed by atoms with Crippen molar-refractivity contribution >= 4 is 35.4 Å². The Bertz CT molecular complexity index is 1620. The fraction of sp³-hybridized carbons (Fsp3) is 0.629. The Hall–Kier alpha value is -4.67. The Morgan fingerprint density at radius 2 is 1.69 bits per heavy atom. The minimum atomic E-state index is -1.63. The average Bonchev–Trinajstić information content (AvgIpc) is 4.06. The van der Waals surface area contributed by atoms with Gasteiger partial charge < -0.3 is 35.8 Å². The first kappa shape index (κ1) is 38.6. The number of alkyl halides is 1. The number of hydrogen-bond donors (Lipinski definition) is 4. The number of anilines is 1. The van der Waals surface area contributed by atoms with Crippen molar-refractivity contribution in [3.8, 4) is 0 Å². The zero-order chi connectivity index (χ0) is 37.7. The Morgan fingerprint density at radius 1 is 1.00 bits per heavy atom. The van der Waals surface area contributed by atoms with Crippen molar-refractivity contribution < 1.29 is 42.1 Å². The molecule has 1 aromatic carbocycles. The first-order valence-corrected chi connectivity index (χ1v) is 17.8. The quantitative estimate of drug-likeness (QED) is 0.212. The van der Waals surface area contributed by atoms with Crippen LogP contribution < -0.4 is 21.3 Å². The molecule has 0 bridgehead atoms. The predicted octanol–water partition coefficient (Wildman–Crippen LogP) is 2.53. The molecule has 1 aromatic heterocycles. The number of carbonyl (C=O) groups excluding carboxylic acids is 5. The van der Waals surface area contributed by atoms with Gasteiger partial charge in [-0.05, 0) is 94.1 Å². The molecule has 0 unspecified atom stereocenters. The molecule has 52 heavy (non-hydrogen) atoms. The van der Waals surface area contributed by atoms with Gasteiger partial charge in [0.1, 0.15) is 36.3 Å². The normalized spacial score (nSPS) is 20.0. The van der Waals surface area contributed by atoms with Crippen LogP contribution in [0.25, 0.3) is 0 Å². The SMILES string of the molecule is CCOC(=O)N[C@@H](CF)C(=O)N[C@@H](C(=O)N1CCN(C)[C@H](C)C1)[C@@H](C)c1ccc(NC(=O)[C@@H](NC(=O)c2nonc2C)C(C2CC2)C2CC2)c(F)c1. The number of benzene rings is 1. The second-order valence-electron chi connectivity index (χ2n) is 14.1. The molecule has 284 valence electrons. The number of amides is 5. The van der Waals surface area contributed by atoms with Gasteiger partial charge in [0.25, 0.3) is 5.91 Å². The summed E-state index contributed by atoms with van der Waals surface area (Å²) < 4.78 is 39.3. The van der Waals surface area contributed by atoms with Gasteiger partial charge in [0.15, 0.2) is 5.69 Å². The second-order valence-corrected chi connectivity index (χ2v) is 14.1. The summed E-state index contributed by atoms with van der Waals surface area (Å²) in [6.07, 6.45) is 2.74. The third-order valence-corrected chi connectivity index (χ3v) is 10.3. The summed E-state index contributed by atoms with van der Waals surface area (Å²) in [5.41, 5.74) is 0.414. The molecule has 17 heteroatoms. The number of aryl methyl sites for hydroxylation is 1. The van der Waals surface area contributed by atoms with Crippen molar-refractivity contribution in [2.75, 3.05) is 45.3 Å². The fourth-order valence-corrected chi connectivity index (χ4v) is 6.78. The first-order valence-electron chi connectivity index (χ1n) is 17.8. The van der Waals surface area contributed by atoms with Crippen molar-refractivity contribution in [2.45, 2.75) is 83.5 Å². The van der Waals surface area contributed by atoms with Crippen LogP contribution in [0.2, 0.25) is 0 Å². The highest BCUT2D eigenvalue weighted by molar-refractivity contribution is 6.01. The fourth-order valence-electron chi connectivity index (χ4n) is 6.78. The van der Waals surface area contributed by atoms with Crippen LogP contribution in [0.5, 0.6) is 0 Å². The highest BCUT2D eigenvalue weighted by atomic mass is 19.1. The van der Waals surface area contributed by atoms with E-state index >= 15 is 4.39 Å². The van der Waals surface area contributed by atoms with Crippen LogP contribution >= 0.6 is 0 Å². The lowest BCUT2D eigenvalue weighted by Gasteiger charge is -2.40. The van der Waals surface area contributed by atoms with Crippen LogP contribution in [0.15, 0.2) is 22.8 Å². The zero-order valence-electron chi connectivity index (χ0n) is 30.1. The molecule has 4 N–H and O–H groups in total. The number of halogens is 2. The van der Waals surface area contributed by atoms with Crippen molar-refractivity contribution in [2.24, 2.45) is 17.8 Å². The van der Waals surface area contributed by atoms with E-state index < -0.39 is 66.3 Å². The summed E-state index contributed by atoms with van der Waals surface area (Å²) >= 11 is 0. The van der Waals surface area contributed by atoms with E-state index in [0.717, 1.165) is 25.7 Å². The minimum absolute atomic E-state index is 0.00527. The van der Waals surface area contributed by atoms with Gasteiger partial charge in [0.2, 0.25) is 17.7 Å². The van der Waals surface area contributed by atoms with Crippen LogP contribution in [-0.4, -0.2) is 114 Å². The second kappa shape index (κ2) is 16.8. The summed E-state index contributed by atoms with van der Waals surface area (Å²) in [6, 6.07) is 0.238. The van der Waals surface area contributed by atoms with E-state index in [2.05, 4.69) is 41.1 Å². The van der Waals surface area contributed by atoms with Crippen molar-refractivity contribution in [3.05, 3.63) is 41.0 Å². The van der Waals surface area contributed by atoms with Gasteiger partial charge in [-0.15, -0.1) is 0 Å². The highest BCUT2D eigenvalue weighted by Gasteiger charge is 2.48. The smallest absolute Gasteiger partial charge is 0.407 e. The molecule has 5 rings (SSSR count). The molecule has 5 amide bonds. The number of likely N-dealkylation sites (N-methyl/N-ethyl adjacent to an activating group) is 1. The van der Waals surface area contributed by atoms with Crippen LogP contribution in [0, 0.1) is 30.5 Å². The lowest BCUT2D eigenvalue weighted by molar-refractivity contribution is -0.139. The molecule has 0 radical (unpaired) electrons. The zero-order valence-corrected chi connectivity index (χ0v) is 30.1. The number of hydrogen-bond acceptors (Lipinski definition) is 10. The molecule has 2 saturated carbocycles. The molecule has 2 aromatic rings. The molecule has 0 spiro atoms. The summed E-state index contributed by atoms with van der Waals surface area (Å²) in [5.74, 6) is -3.84. The van der Waals surface area contributed by atoms with Crippen LogP contribution in [0.4, 0.5) is 19.3 Å². The molecule has 3 fully saturated rings. The molecule has 2 heterocycles. The van der Waals surface area contributed by atoms with Gasteiger partial charge in [-0.25, -0.2) is 18.2 Å². The number of nitrogens with one attached hydrogen (secondary N) is 4. The van der Waals surface area contributed by atoms with Gasteiger partial charge >= 0.3 is 6.09 Å².